The van der Waals surface area contributed by atoms with Crippen molar-refractivity contribution in [2.75, 3.05) is 7.11 Å². The predicted molar refractivity (Wildman–Crippen MR) is 114 cm³/mol. The van der Waals surface area contributed by atoms with Crippen LogP contribution in [0, 0.1) is 0 Å². The molecule has 4 rings (SSSR count). The number of carbonyl (C=O) groups is 1. The number of benzene rings is 1. The van der Waals surface area contributed by atoms with Crippen LogP contribution in [0.3, 0.4) is 0 Å². The molecule has 3 heterocycles. The Morgan fingerprint density at radius 1 is 1.09 bits per heavy atom. The fraction of sp³-hybridized carbons (Fsp3) is 0.238. The third kappa shape index (κ3) is 4.00. The quantitative estimate of drug-likeness (QED) is 0.440. The van der Waals surface area contributed by atoms with Gasteiger partial charge in [0.05, 0.1) is 13.7 Å². The number of furan rings is 1. The molecule has 0 radical (unpaired) electrons. The Morgan fingerprint density at radius 2 is 1.81 bits per heavy atom. The number of nitrogens with zero attached hydrogens (tertiary/aromatic N) is 3. The number of ether oxygens (including phenoxy) is 2. The summed E-state index contributed by atoms with van der Waals surface area (Å²) < 4.78 is 18.5. The Labute approximate surface area is 181 Å². The third-order valence-electron chi connectivity index (χ3n) is 4.89. The number of fused-ring (bicyclic) bond motifs is 1. The summed E-state index contributed by atoms with van der Waals surface area (Å²) in [5.41, 5.74) is -0.557. The molecule has 0 aliphatic heterocycles. The highest BCUT2D eigenvalue weighted by atomic mass is 16.5. The summed E-state index contributed by atoms with van der Waals surface area (Å²) in [6.07, 6.45) is 0. The van der Waals surface area contributed by atoms with Gasteiger partial charge in [-0.2, -0.15) is 0 Å². The average Bonchev–Trinajstić information content (AvgIpc) is 3.46. The van der Waals surface area contributed by atoms with E-state index in [0.29, 0.717) is 17.3 Å². The first-order chi connectivity index (χ1) is 15.4. The Hall–Kier alpha value is -4.28. The van der Waals surface area contributed by atoms with E-state index in [1.807, 2.05) is 0 Å². The molecule has 11 heteroatoms. The fourth-order valence-corrected chi connectivity index (χ4v) is 3.11. The van der Waals surface area contributed by atoms with Crippen molar-refractivity contribution in [1.82, 2.24) is 24.4 Å². The Balaban J connectivity index is 1.39. The molecule has 0 spiro atoms. The van der Waals surface area contributed by atoms with Gasteiger partial charge in [0.25, 0.3) is 11.5 Å². The second kappa shape index (κ2) is 8.46. The molecule has 0 atom stereocenters. The molecule has 1 amide bonds. The lowest BCUT2D eigenvalue weighted by atomic mass is 10.3. The summed E-state index contributed by atoms with van der Waals surface area (Å²) in [7, 11) is 4.49. The summed E-state index contributed by atoms with van der Waals surface area (Å²) in [6, 6.07) is 10.3. The number of carbonyl (C=O) groups excluding carboxylic acids is 1. The minimum atomic E-state index is -0.485. The van der Waals surface area contributed by atoms with Crippen molar-refractivity contribution >= 4 is 17.1 Å². The van der Waals surface area contributed by atoms with E-state index in [0.717, 1.165) is 10.3 Å². The molecule has 166 valence electrons. The van der Waals surface area contributed by atoms with Crippen LogP contribution in [0.4, 0.5) is 0 Å². The normalized spacial score (nSPS) is 11.0. The lowest BCUT2D eigenvalue weighted by Gasteiger charge is -2.05. The maximum absolute atomic E-state index is 12.4. The van der Waals surface area contributed by atoms with Crippen LogP contribution in [0.2, 0.25) is 0 Å². The maximum atomic E-state index is 12.4. The van der Waals surface area contributed by atoms with Crippen molar-refractivity contribution in [3.8, 4) is 11.5 Å². The standard InChI is InChI=1S/C21H21N5O6/c1-25-18-17(20(28)26(2)21(25)29)23-16(24-18)10-22-19(27)15-9-8-14(32-15)11-31-13-6-4-12(30-3)5-7-13/h4-9H,10-11H2,1-3H3,(H,22,27)(H,23,24). The number of rotatable bonds is 7. The Morgan fingerprint density at radius 3 is 2.53 bits per heavy atom. The summed E-state index contributed by atoms with van der Waals surface area (Å²) >= 11 is 0. The molecule has 1 aromatic carbocycles. The van der Waals surface area contributed by atoms with E-state index in [1.165, 1.54) is 18.7 Å². The highest BCUT2D eigenvalue weighted by Gasteiger charge is 2.15. The zero-order valence-corrected chi connectivity index (χ0v) is 17.7. The van der Waals surface area contributed by atoms with Gasteiger partial charge in [-0.1, -0.05) is 0 Å². The molecule has 0 saturated carbocycles. The molecule has 0 saturated heterocycles. The topological polar surface area (TPSA) is 133 Å². The number of aromatic amines is 1. The van der Waals surface area contributed by atoms with Gasteiger partial charge in [-0.3, -0.25) is 18.7 Å². The number of aryl methyl sites for hydroxylation is 1. The molecule has 4 aromatic rings. The fourth-order valence-electron chi connectivity index (χ4n) is 3.11. The van der Waals surface area contributed by atoms with E-state index in [2.05, 4.69) is 15.3 Å². The smallest absolute Gasteiger partial charge is 0.332 e. The first-order valence-corrected chi connectivity index (χ1v) is 9.65. The Bertz CT molecular complexity index is 1390. The zero-order valence-electron chi connectivity index (χ0n) is 17.7. The van der Waals surface area contributed by atoms with Gasteiger partial charge >= 0.3 is 5.69 Å². The highest BCUT2D eigenvalue weighted by molar-refractivity contribution is 5.91. The van der Waals surface area contributed by atoms with Gasteiger partial charge in [0.15, 0.2) is 11.4 Å². The molecule has 11 nitrogen and oxygen atoms in total. The van der Waals surface area contributed by atoms with Crippen molar-refractivity contribution in [3.63, 3.8) is 0 Å². The van der Waals surface area contributed by atoms with Crippen molar-refractivity contribution in [1.29, 1.82) is 0 Å². The second-order valence-corrected chi connectivity index (χ2v) is 7.00. The number of hydrogen-bond donors (Lipinski definition) is 2. The molecule has 0 unspecified atom stereocenters. The van der Waals surface area contributed by atoms with Crippen molar-refractivity contribution < 1.29 is 18.7 Å². The summed E-state index contributed by atoms with van der Waals surface area (Å²) in [5.74, 6) is 1.83. The largest absolute Gasteiger partial charge is 0.497 e. The molecular weight excluding hydrogens is 418 g/mol. The van der Waals surface area contributed by atoms with Gasteiger partial charge < -0.3 is 24.2 Å². The molecule has 32 heavy (non-hydrogen) atoms. The molecule has 0 aliphatic rings. The zero-order chi connectivity index (χ0) is 22.8. The van der Waals surface area contributed by atoms with Crippen LogP contribution in [-0.4, -0.2) is 32.1 Å². The molecular formula is C21H21N5O6. The molecule has 3 aromatic heterocycles. The van der Waals surface area contributed by atoms with Crippen LogP contribution in [-0.2, 0) is 27.2 Å². The third-order valence-corrected chi connectivity index (χ3v) is 4.89. The minimum absolute atomic E-state index is 0.0171. The van der Waals surface area contributed by atoms with Crippen LogP contribution < -0.4 is 26.0 Å². The van der Waals surface area contributed by atoms with Crippen LogP contribution >= 0.6 is 0 Å². The van der Waals surface area contributed by atoms with E-state index in [4.69, 9.17) is 13.9 Å². The lowest BCUT2D eigenvalue weighted by Crippen LogP contribution is -2.36. The number of H-pyrrole nitrogens is 1. The van der Waals surface area contributed by atoms with Crippen molar-refractivity contribution in [3.05, 3.63) is 74.6 Å². The Kier molecular flexibility index (Phi) is 5.54. The number of amides is 1. The van der Waals surface area contributed by atoms with Gasteiger partial charge in [0, 0.05) is 14.1 Å². The lowest BCUT2D eigenvalue weighted by molar-refractivity contribution is 0.0918. The van der Waals surface area contributed by atoms with Crippen LogP contribution in [0.25, 0.3) is 11.2 Å². The second-order valence-electron chi connectivity index (χ2n) is 7.00. The number of imidazole rings is 1. The summed E-state index contributed by atoms with van der Waals surface area (Å²) in [6.45, 7) is 0.170. The number of aromatic nitrogens is 4. The number of hydrogen-bond acceptors (Lipinski definition) is 7. The van der Waals surface area contributed by atoms with E-state index in [-0.39, 0.29) is 30.1 Å². The van der Waals surface area contributed by atoms with Crippen molar-refractivity contribution in [2.24, 2.45) is 14.1 Å². The van der Waals surface area contributed by atoms with Gasteiger partial charge in [0.2, 0.25) is 0 Å². The molecule has 0 bridgehead atoms. The number of methoxy groups -OCH3 is 1. The molecule has 0 aliphatic carbocycles. The van der Waals surface area contributed by atoms with Gasteiger partial charge in [-0.05, 0) is 36.4 Å². The predicted octanol–water partition coefficient (Wildman–Crippen LogP) is 1.07. The van der Waals surface area contributed by atoms with Crippen LogP contribution in [0.5, 0.6) is 11.5 Å². The number of nitrogens with one attached hydrogen (secondary N) is 2. The SMILES string of the molecule is COc1ccc(OCc2ccc(C(=O)NCc3nc4c([nH]3)c(=O)n(C)c(=O)n4C)o2)cc1. The first kappa shape index (κ1) is 21.0. The first-order valence-electron chi connectivity index (χ1n) is 9.65. The monoisotopic (exact) mass is 439 g/mol. The van der Waals surface area contributed by atoms with E-state index in [9.17, 15) is 14.4 Å². The van der Waals surface area contributed by atoms with E-state index in [1.54, 1.807) is 43.5 Å². The summed E-state index contributed by atoms with van der Waals surface area (Å²) in [5, 5.41) is 2.67. The maximum Gasteiger partial charge on any atom is 0.332 e. The van der Waals surface area contributed by atoms with Gasteiger partial charge in [0.1, 0.15) is 35.2 Å². The van der Waals surface area contributed by atoms with E-state index < -0.39 is 17.2 Å². The highest BCUT2D eigenvalue weighted by Crippen LogP contribution is 2.19. The van der Waals surface area contributed by atoms with Gasteiger partial charge in [-0.25, -0.2) is 9.78 Å². The van der Waals surface area contributed by atoms with Crippen LogP contribution in [0.1, 0.15) is 22.1 Å². The van der Waals surface area contributed by atoms with Gasteiger partial charge in [-0.15, -0.1) is 0 Å². The molecule has 0 fully saturated rings. The van der Waals surface area contributed by atoms with E-state index >= 15 is 0 Å². The van der Waals surface area contributed by atoms with Crippen molar-refractivity contribution in [2.45, 2.75) is 13.2 Å². The minimum Gasteiger partial charge on any atom is -0.497 e. The van der Waals surface area contributed by atoms with Crippen LogP contribution in [0.15, 0.2) is 50.4 Å². The molecule has 2 N–H and O–H groups in total. The average molecular weight is 439 g/mol. The summed E-state index contributed by atoms with van der Waals surface area (Å²) in [4.78, 5) is 43.7.